The van der Waals surface area contributed by atoms with Gasteiger partial charge in [-0.15, -0.1) is 0 Å². The molecule has 0 aliphatic rings. The van der Waals surface area contributed by atoms with Crippen molar-refractivity contribution in [2.24, 2.45) is 0 Å². The molecule has 5 heteroatoms. The Kier molecular flexibility index (Phi) is 6.48. The second-order valence-corrected chi connectivity index (χ2v) is 3.48. The summed E-state index contributed by atoms with van der Waals surface area (Å²) >= 11 is 0. The van der Waals surface area contributed by atoms with Crippen molar-refractivity contribution in [1.29, 1.82) is 0 Å². The van der Waals surface area contributed by atoms with E-state index in [4.69, 9.17) is 4.74 Å². The van der Waals surface area contributed by atoms with E-state index in [2.05, 4.69) is 15.6 Å². The topological polar surface area (TPSA) is 66.2 Å². The van der Waals surface area contributed by atoms with Gasteiger partial charge in [0.15, 0.2) is 0 Å². The predicted molar refractivity (Wildman–Crippen MR) is 63.5 cm³/mol. The molecule has 0 radical (unpaired) electrons. The minimum absolute atomic E-state index is 0.0648. The van der Waals surface area contributed by atoms with E-state index in [9.17, 15) is 4.79 Å². The van der Waals surface area contributed by atoms with Gasteiger partial charge in [-0.1, -0.05) is 6.07 Å². The van der Waals surface area contributed by atoms with E-state index >= 15 is 0 Å². The Bertz CT molecular complexity index is 318. The van der Waals surface area contributed by atoms with E-state index in [1.54, 1.807) is 13.3 Å². The maximum Gasteiger partial charge on any atom is 0.247 e. The van der Waals surface area contributed by atoms with Crippen LogP contribution in [-0.4, -0.2) is 38.3 Å². The quantitative estimate of drug-likeness (QED) is 0.531. The fourth-order valence-electron chi connectivity index (χ4n) is 1.26. The van der Waals surface area contributed by atoms with Crippen molar-refractivity contribution in [1.82, 2.24) is 15.6 Å². The zero-order valence-corrected chi connectivity index (χ0v) is 9.58. The summed E-state index contributed by atoms with van der Waals surface area (Å²) in [6.45, 7) is 4.18. The van der Waals surface area contributed by atoms with Crippen LogP contribution in [0, 0.1) is 0 Å². The molecule has 1 aromatic heterocycles. The molecule has 90 valence electrons. The van der Waals surface area contributed by atoms with Crippen molar-refractivity contribution in [2.75, 3.05) is 33.4 Å². The summed E-state index contributed by atoms with van der Waals surface area (Å²) in [4.78, 5) is 13.4. The van der Waals surface area contributed by atoms with Gasteiger partial charge in [0.1, 0.15) is 0 Å². The maximum absolute atomic E-state index is 10.8. The Balaban J connectivity index is 2.03. The molecule has 0 aliphatic carbocycles. The van der Waals surface area contributed by atoms with E-state index in [-0.39, 0.29) is 5.56 Å². The van der Waals surface area contributed by atoms with Gasteiger partial charge in [-0.2, -0.15) is 0 Å². The Morgan fingerprint density at radius 1 is 1.25 bits per heavy atom. The highest BCUT2D eigenvalue weighted by Gasteiger charge is 1.92. The first-order valence-electron chi connectivity index (χ1n) is 5.41. The predicted octanol–water partition coefficient (Wildman–Crippen LogP) is -0.299. The lowest BCUT2D eigenvalue weighted by Crippen LogP contribution is -2.29. The van der Waals surface area contributed by atoms with E-state index in [0.717, 1.165) is 38.3 Å². The van der Waals surface area contributed by atoms with E-state index in [1.165, 1.54) is 6.07 Å². The smallest absolute Gasteiger partial charge is 0.247 e. The monoisotopic (exact) mass is 225 g/mol. The number of H-pyrrole nitrogens is 1. The lowest BCUT2D eigenvalue weighted by atomic mass is 10.3. The molecule has 0 saturated carbocycles. The van der Waals surface area contributed by atoms with Gasteiger partial charge in [0, 0.05) is 45.6 Å². The van der Waals surface area contributed by atoms with Gasteiger partial charge in [-0.3, -0.25) is 4.79 Å². The number of methoxy groups -OCH3 is 1. The highest BCUT2D eigenvalue weighted by molar-refractivity contribution is 5.07. The molecule has 0 spiro atoms. The van der Waals surface area contributed by atoms with Crippen molar-refractivity contribution in [3.8, 4) is 0 Å². The van der Waals surface area contributed by atoms with Crippen LogP contribution in [0.15, 0.2) is 23.1 Å². The standard InChI is InChI=1S/C11H19N3O2/c1-16-7-6-12-4-5-13-8-10-2-3-11(15)14-9-10/h2-3,9,12-13H,4-8H2,1H3,(H,14,15). The summed E-state index contributed by atoms with van der Waals surface area (Å²) in [5, 5.41) is 6.51. The summed E-state index contributed by atoms with van der Waals surface area (Å²) in [6, 6.07) is 3.36. The van der Waals surface area contributed by atoms with Gasteiger partial charge in [0.2, 0.25) is 5.56 Å². The molecule has 0 unspecified atom stereocenters. The van der Waals surface area contributed by atoms with Gasteiger partial charge in [0.05, 0.1) is 6.61 Å². The molecule has 5 nitrogen and oxygen atoms in total. The molecule has 16 heavy (non-hydrogen) atoms. The number of hydrogen-bond donors (Lipinski definition) is 3. The second kappa shape index (κ2) is 8.04. The number of rotatable bonds is 8. The molecule has 3 N–H and O–H groups in total. The van der Waals surface area contributed by atoms with Crippen LogP contribution in [0.3, 0.4) is 0 Å². The van der Waals surface area contributed by atoms with Crippen LogP contribution in [0.4, 0.5) is 0 Å². The fraction of sp³-hybridized carbons (Fsp3) is 0.545. The molecule has 0 amide bonds. The molecule has 0 aliphatic heterocycles. The SMILES string of the molecule is COCCNCCNCc1ccc(=O)[nH]c1. The van der Waals surface area contributed by atoms with Crippen LogP contribution in [0.5, 0.6) is 0 Å². The van der Waals surface area contributed by atoms with Crippen molar-refractivity contribution >= 4 is 0 Å². The highest BCUT2D eigenvalue weighted by Crippen LogP contribution is 1.90. The van der Waals surface area contributed by atoms with Gasteiger partial charge in [0.25, 0.3) is 0 Å². The van der Waals surface area contributed by atoms with Crippen LogP contribution in [0.25, 0.3) is 0 Å². The molecular weight excluding hydrogens is 206 g/mol. The summed E-state index contributed by atoms with van der Waals surface area (Å²) in [6.07, 6.45) is 1.73. The summed E-state index contributed by atoms with van der Waals surface area (Å²) in [7, 11) is 1.69. The van der Waals surface area contributed by atoms with E-state index < -0.39 is 0 Å². The number of hydrogen-bond acceptors (Lipinski definition) is 4. The van der Waals surface area contributed by atoms with Crippen LogP contribution in [0.2, 0.25) is 0 Å². The molecule has 1 heterocycles. The maximum atomic E-state index is 10.8. The Hall–Kier alpha value is -1.17. The average molecular weight is 225 g/mol. The third-order valence-electron chi connectivity index (χ3n) is 2.14. The van der Waals surface area contributed by atoms with Crippen molar-refractivity contribution in [2.45, 2.75) is 6.54 Å². The van der Waals surface area contributed by atoms with Gasteiger partial charge in [-0.25, -0.2) is 0 Å². The molecule has 1 aromatic rings. The van der Waals surface area contributed by atoms with Crippen molar-refractivity contribution in [3.63, 3.8) is 0 Å². The van der Waals surface area contributed by atoms with Crippen LogP contribution in [-0.2, 0) is 11.3 Å². The number of aromatic amines is 1. The first kappa shape index (κ1) is 12.9. The Labute approximate surface area is 95.2 Å². The van der Waals surface area contributed by atoms with Gasteiger partial charge >= 0.3 is 0 Å². The summed E-state index contributed by atoms with van der Waals surface area (Å²) < 4.78 is 4.91. The van der Waals surface area contributed by atoms with Crippen molar-refractivity contribution in [3.05, 3.63) is 34.2 Å². The molecule has 0 aromatic carbocycles. The largest absolute Gasteiger partial charge is 0.383 e. The molecule has 0 bridgehead atoms. The van der Waals surface area contributed by atoms with E-state index in [1.807, 2.05) is 6.07 Å². The normalized spacial score (nSPS) is 10.6. The molecule has 0 atom stereocenters. The first-order chi connectivity index (χ1) is 7.83. The molecule has 0 fully saturated rings. The zero-order chi connectivity index (χ0) is 11.6. The Morgan fingerprint density at radius 3 is 2.75 bits per heavy atom. The fourth-order valence-corrected chi connectivity index (χ4v) is 1.26. The third-order valence-corrected chi connectivity index (χ3v) is 2.14. The number of aromatic nitrogens is 1. The Morgan fingerprint density at radius 2 is 2.06 bits per heavy atom. The zero-order valence-electron chi connectivity index (χ0n) is 9.58. The van der Waals surface area contributed by atoms with Crippen molar-refractivity contribution < 1.29 is 4.74 Å². The lowest BCUT2D eigenvalue weighted by molar-refractivity contribution is 0.199. The van der Waals surface area contributed by atoms with E-state index in [0.29, 0.717) is 0 Å². The first-order valence-corrected chi connectivity index (χ1v) is 5.41. The molecular formula is C11H19N3O2. The number of nitrogens with one attached hydrogen (secondary N) is 3. The third kappa shape index (κ3) is 5.65. The summed E-state index contributed by atoms with van der Waals surface area (Å²) in [5.41, 5.74) is 1.02. The average Bonchev–Trinajstić information content (AvgIpc) is 2.30. The number of ether oxygens (including phenoxy) is 1. The summed E-state index contributed by atoms with van der Waals surface area (Å²) in [5.74, 6) is 0. The van der Waals surface area contributed by atoms with Crippen LogP contribution < -0.4 is 16.2 Å². The molecule has 0 saturated heterocycles. The van der Waals surface area contributed by atoms with Crippen LogP contribution >= 0.6 is 0 Å². The lowest BCUT2D eigenvalue weighted by Gasteiger charge is -2.06. The highest BCUT2D eigenvalue weighted by atomic mass is 16.5. The molecule has 1 rings (SSSR count). The minimum atomic E-state index is -0.0648. The number of pyridine rings is 1. The van der Waals surface area contributed by atoms with Gasteiger partial charge in [-0.05, 0) is 5.56 Å². The van der Waals surface area contributed by atoms with Gasteiger partial charge < -0.3 is 20.4 Å². The second-order valence-electron chi connectivity index (χ2n) is 3.48. The van der Waals surface area contributed by atoms with Crippen LogP contribution in [0.1, 0.15) is 5.56 Å². The minimum Gasteiger partial charge on any atom is -0.383 e.